The summed E-state index contributed by atoms with van der Waals surface area (Å²) in [6.07, 6.45) is 0.986. The van der Waals surface area contributed by atoms with Gasteiger partial charge in [0.2, 0.25) is 0 Å². The molecule has 0 aliphatic carbocycles. The molecule has 0 aromatic heterocycles. The molecule has 0 atom stereocenters. The lowest BCUT2D eigenvalue weighted by Gasteiger charge is -2.05. The average molecular weight is 256 g/mol. The Labute approximate surface area is 113 Å². The number of ketones is 1. The van der Waals surface area contributed by atoms with Gasteiger partial charge in [0.25, 0.3) is 0 Å². The van der Waals surface area contributed by atoms with Gasteiger partial charge in [0.1, 0.15) is 5.82 Å². The van der Waals surface area contributed by atoms with Gasteiger partial charge in [0, 0.05) is 6.42 Å². The Morgan fingerprint density at radius 3 is 2.32 bits per heavy atom. The number of rotatable bonds is 4. The van der Waals surface area contributed by atoms with E-state index in [4.69, 9.17) is 0 Å². The van der Waals surface area contributed by atoms with E-state index in [1.54, 1.807) is 18.2 Å². The second-order valence-electron chi connectivity index (χ2n) is 4.90. The van der Waals surface area contributed by atoms with Crippen molar-refractivity contribution in [3.05, 3.63) is 70.5 Å². The monoisotopic (exact) mass is 256 g/mol. The highest BCUT2D eigenvalue weighted by molar-refractivity contribution is 5.96. The molecule has 98 valence electrons. The third kappa shape index (κ3) is 3.50. The average Bonchev–Trinajstić information content (AvgIpc) is 2.35. The second kappa shape index (κ2) is 5.79. The smallest absolute Gasteiger partial charge is 0.166 e. The molecule has 0 saturated heterocycles. The fourth-order valence-corrected chi connectivity index (χ4v) is 2.29. The first-order chi connectivity index (χ1) is 9.06. The number of hydrogen-bond acceptors (Lipinski definition) is 1. The number of halogens is 1. The summed E-state index contributed by atoms with van der Waals surface area (Å²) < 4.78 is 13.5. The predicted octanol–water partition coefficient (Wildman–Crippen LogP) is 4.26. The normalized spacial score (nSPS) is 10.5. The summed E-state index contributed by atoms with van der Waals surface area (Å²) in [4.78, 5) is 12.0. The number of Topliss-reactive ketones (excluding diaryl/α,β-unsaturated/α-hetero) is 1. The van der Waals surface area contributed by atoms with Crippen LogP contribution >= 0.6 is 0 Å². The number of aryl methyl sites for hydroxylation is 3. The summed E-state index contributed by atoms with van der Waals surface area (Å²) >= 11 is 0. The Morgan fingerprint density at radius 2 is 1.68 bits per heavy atom. The highest BCUT2D eigenvalue weighted by Crippen LogP contribution is 2.14. The fraction of sp³-hybridized carbons (Fsp3) is 0.235. The van der Waals surface area contributed by atoms with Gasteiger partial charge in [-0.25, -0.2) is 4.39 Å². The quantitative estimate of drug-likeness (QED) is 0.747. The zero-order valence-electron chi connectivity index (χ0n) is 11.2. The van der Waals surface area contributed by atoms with Crippen LogP contribution in [0.1, 0.15) is 33.5 Å². The highest BCUT2D eigenvalue weighted by Gasteiger charge is 2.10. The van der Waals surface area contributed by atoms with E-state index in [1.165, 1.54) is 17.2 Å². The summed E-state index contributed by atoms with van der Waals surface area (Å²) in [6, 6.07) is 12.4. The summed E-state index contributed by atoms with van der Waals surface area (Å²) in [5.41, 5.74) is 3.69. The van der Waals surface area contributed by atoms with Crippen LogP contribution in [-0.4, -0.2) is 5.78 Å². The molecule has 2 aromatic carbocycles. The van der Waals surface area contributed by atoms with Crippen molar-refractivity contribution < 1.29 is 9.18 Å². The standard InChI is InChI=1S/C17H17FO/c1-12-9-13(2)11-14(10-12)7-8-17(19)15-5-3-4-6-16(15)18/h3-6,9-11H,7-8H2,1-2H3. The molecule has 0 amide bonds. The van der Waals surface area contributed by atoms with Gasteiger partial charge < -0.3 is 0 Å². The van der Waals surface area contributed by atoms with E-state index in [0.29, 0.717) is 12.8 Å². The van der Waals surface area contributed by atoms with Crippen molar-refractivity contribution >= 4 is 5.78 Å². The Morgan fingerprint density at radius 1 is 1.05 bits per heavy atom. The topological polar surface area (TPSA) is 17.1 Å². The largest absolute Gasteiger partial charge is 0.294 e. The summed E-state index contributed by atoms with van der Waals surface area (Å²) in [5.74, 6) is -0.579. The molecule has 0 unspecified atom stereocenters. The van der Waals surface area contributed by atoms with Crippen molar-refractivity contribution in [3.63, 3.8) is 0 Å². The molecule has 2 rings (SSSR count). The minimum atomic E-state index is -0.437. The van der Waals surface area contributed by atoms with Crippen LogP contribution in [0.5, 0.6) is 0 Å². The maximum atomic E-state index is 13.5. The van der Waals surface area contributed by atoms with Crippen LogP contribution in [0, 0.1) is 19.7 Å². The molecule has 0 aliphatic rings. The molecule has 0 aliphatic heterocycles. The van der Waals surface area contributed by atoms with E-state index in [9.17, 15) is 9.18 Å². The number of hydrogen-bond donors (Lipinski definition) is 0. The van der Waals surface area contributed by atoms with E-state index >= 15 is 0 Å². The van der Waals surface area contributed by atoms with Crippen LogP contribution in [0.2, 0.25) is 0 Å². The van der Waals surface area contributed by atoms with Gasteiger partial charge in [-0.2, -0.15) is 0 Å². The predicted molar refractivity (Wildman–Crippen MR) is 75.0 cm³/mol. The lowest BCUT2D eigenvalue weighted by atomic mass is 10.00. The van der Waals surface area contributed by atoms with Crippen molar-refractivity contribution in [1.82, 2.24) is 0 Å². The first kappa shape index (κ1) is 13.5. The molecule has 2 aromatic rings. The van der Waals surface area contributed by atoms with Gasteiger partial charge >= 0.3 is 0 Å². The number of benzene rings is 2. The summed E-state index contributed by atoms with van der Waals surface area (Å²) in [5, 5.41) is 0. The van der Waals surface area contributed by atoms with Gasteiger partial charge in [-0.3, -0.25) is 4.79 Å². The van der Waals surface area contributed by atoms with Crippen molar-refractivity contribution in [2.24, 2.45) is 0 Å². The Balaban J connectivity index is 2.07. The highest BCUT2D eigenvalue weighted by atomic mass is 19.1. The van der Waals surface area contributed by atoms with Crippen molar-refractivity contribution in [1.29, 1.82) is 0 Å². The van der Waals surface area contributed by atoms with Crippen LogP contribution in [0.4, 0.5) is 4.39 Å². The van der Waals surface area contributed by atoms with Gasteiger partial charge in [-0.05, 0) is 38.0 Å². The van der Waals surface area contributed by atoms with E-state index in [0.717, 1.165) is 5.56 Å². The van der Waals surface area contributed by atoms with Crippen molar-refractivity contribution in [2.45, 2.75) is 26.7 Å². The van der Waals surface area contributed by atoms with Gasteiger partial charge in [-0.1, -0.05) is 41.5 Å². The summed E-state index contributed by atoms with van der Waals surface area (Å²) in [6.45, 7) is 4.07. The van der Waals surface area contributed by atoms with Crippen molar-refractivity contribution in [2.75, 3.05) is 0 Å². The van der Waals surface area contributed by atoms with E-state index in [-0.39, 0.29) is 11.3 Å². The fourth-order valence-electron chi connectivity index (χ4n) is 2.29. The molecule has 0 saturated carbocycles. The first-order valence-electron chi connectivity index (χ1n) is 6.41. The molecular formula is C17H17FO. The number of carbonyl (C=O) groups excluding carboxylic acids is 1. The van der Waals surface area contributed by atoms with Gasteiger partial charge in [-0.15, -0.1) is 0 Å². The second-order valence-corrected chi connectivity index (χ2v) is 4.90. The molecule has 0 N–H and O–H groups in total. The van der Waals surface area contributed by atoms with Gasteiger partial charge in [0.15, 0.2) is 5.78 Å². The van der Waals surface area contributed by atoms with Crippen LogP contribution in [-0.2, 0) is 6.42 Å². The van der Waals surface area contributed by atoms with Gasteiger partial charge in [0.05, 0.1) is 5.56 Å². The van der Waals surface area contributed by atoms with Crippen LogP contribution in [0.3, 0.4) is 0 Å². The Kier molecular flexibility index (Phi) is 4.10. The van der Waals surface area contributed by atoms with Crippen molar-refractivity contribution in [3.8, 4) is 0 Å². The molecular weight excluding hydrogens is 239 g/mol. The van der Waals surface area contributed by atoms with E-state index < -0.39 is 5.82 Å². The molecule has 0 radical (unpaired) electrons. The molecule has 2 heteroatoms. The Hall–Kier alpha value is -1.96. The molecule has 0 fully saturated rings. The molecule has 0 bridgehead atoms. The third-order valence-electron chi connectivity index (χ3n) is 3.10. The molecule has 0 heterocycles. The summed E-state index contributed by atoms with van der Waals surface area (Å²) in [7, 11) is 0. The lowest BCUT2D eigenvalue weighted by molar-refractivity contribution is 0.0979. The first-order valence-corrected chi connectivity index (χ1v) is 6.41. The SMILES string of the molecule is Cc1cc(C)cc(CCC(=O)c2ccccc2F)c1. The molecule has 1 nitrogen and oxygen atoms in total. The third-order valence-corrected chi connectivity index (χ3v) is 3.10. The minimum Gasteiger partial charge on any atom is -0.294 e. The zero-order valence-corrected chi connectivity index (χ0v) is 11.2. The van der Waals surface area contributed by atoms with E-state index in [1.807, 2.05) is 13.8 Å². The zero-order chi connectivity index (χ0) is 13.8. The lowest BCUT2D eigenvalue weighted by Crippen LogP contribution is -2.04. The van der Waals surface area contributed by atoms with Crippen LogP contribution < -0.4 is 0 Å². The minimum absolute atomic E-state index is 0.141. The maximum Gasteiger partial charge on any atom is 0.166 e. The number of carbonyl (C=O) groups is 1. The van der Waals surface area contributed by atoms with Crippen LogP contribution in [0.25, 0.3) is 0 Å². The van der Waals surface area contributed by atoms with E-state index in [2.05, 4.69) is 18.2 Å². The molecule has 19 heavy (non-hydrogen) atoms. The maximum absolute atomic E-state index is 13.5. The Bertz CT molecular complexity index is 582. The van der Waals surface area contributed by atoms with Crippen LogP contribution in [0.15, 0.2) is 42.5 Å². The molecule has 0 spiro atoms.